The highest BCUT2D eigenvalue weighted by atomic mass is 16.5. The highest BCUT2D eigenvalue weighted by Crippen LogP contribution is 2.17. The fourth-order valence-corrected chi connectivity index (χ4v) is 2.02. The standard InChI is InChI=1S/C14H20N2O3/c1-2-18-12-6-3-5-11(9-12)16-14(17)15-10-13-7-4-8-19-13/h3,5-6,9,13H,2,4,7-8,10H2,1H3,(H2,15,16,17). The van der Waals surface area contributed by atoms with Crippen molar-refractivity contribution in [2.45, 2.75) is 25.9 Å². The summed E-state index contributed by atoms with van der Waals surface area (Å²) in [7, 11) is 0. The van der Waals surface area contributed by atoms with E-state index < -0.39 is 0 Å². The van der Waals surface area contributed by atoms with Crippen LogP contribution in [0.15, 0.2) is 24.3 Å². The normalized spacial score (nSPS) is 18.1. The summed E-state index contributed by atoms with van der Waals surface area (Å²) in [6, 6.07) is 7.12. The highest BCUT2D eigenvalue weighted by molar-refractivity contribution is 5.89. The number of carbonyl (C=O) groups excluding carboxylic acids is 1. The Morgan fingerprint density at radius 1 is 1.53 bits per heavy atom. The summed E-state index contributed by atoms with van der Waals surface area (Å²) in [5.74, 6) is 0.749. The average Bonchev–Trinajstić information content (AvgIpc) is 2.90. The lowest BCUT2D eigenvalue weighted by Crippen LogP contribution is -2.35. The van der Waals surface area contributed by atoms with Crippen molar-refractivity contribution in [3.8, 4) is 5.75 Å². The fourth-order valence-electron chi connectivity index (χ4n) is 2.02. The molecule has 0 radical (unpaired) electrons. The average molecular weight is 264 g/mol. The van der Waals surface area contributed by atoms with E-state index in [1.165, 1.54) is 0 Å². The van der Waals surface area contributed by atoms with Gasteiger partial charge in [-0.25, -0.2) is 4.79 Å². The molecule has 1 aromatic rings. The molecular weight excluding hydrogens is 244 g/mol. The third-order valence-corrected chi connectivity index (χ3v) is 2.92. The third kappa shape index (κ3) is 4.44. The maximum Gasteiger partial charge on any atom is 0.319 e. The molecule has 2 amide bonds. The maximum absolute atomic E-state index is 11.7. The van der Waals surface area contributed by atoms with Gasteiger partial charge in [0.1, 0.15) is 5.75 Å². The second-order valence-corrected chi connectivity index (χ2v) is 4.43. The van der Waals surface area contributed by atoms with Crippen molar-refractivity contribution in [3.05, 3.63) is 24.3 Å². The van der Waals surface area contributed by atoms with Crippen LogP contribution in [0.2, 0.25) is 0 Å². The molecular formula is C14H20N2O3. The molecule has 5 heteroatoms. The minimum absolute atomic E-state index is 0.153. The van der Waals surface area contributed by atoms with Crippen LogP contribution < -0.4 is 15.4 Å². The van der Waals surface area contributed by atoms with Gasteiger partial charge in [0.05, 0.1) is 12.7 Å². The minimum Gasteiger partial charge on any atom is -0.494 e. The molecule has 0 aliphatic carbocycles. The Balaban J connectivity index is 1.79. The second-order valence-electron chi connectivity index (χ2n) is 4.43. The van der Waals surface area contributed by atoms with Gasteiger partial charge in [-0.2, -0.15) is 0 Å². The lowest BCUT2D eigenvalue weighted by atomic mass is 10.2. The van der Waals surface area contributed by atoms with Crippen LogP contribution in [-0.2, 0) is 4.74 Å². The smallest absolute Gasteiger partial charge is 0.319 e. The Hall–Kier alpha value is -1.75. The Bertz CT molecular complexity index is 417. The minimum atomic E-state index is -0.218. The summed E-state index contributed by atoms with van der Waals surface area (Å²) < 4.78 is 10.8. The number of ether oxygens (including phenoxy) is 2. The number of amides is 2. The molecule has 19 heavy (non-hydrogen) atoms. The number of nitrogens with one attached hydrogen (secondary N) is 2. The monoisotopic (exact) mass is 264 g/mol. The number of urea groups is 1. The molecule has 0 saturated carbocycles. The lowest BCUT2D eigenvalue weighted by molar-refractivity contribution is 0.112. The highest BCUT2D eigenvalue weighted by Gasteiger charge is 2.16. The zero-order chi connectivity index (χ0) is 13.5. The summed E-state index contributed by atoms with van der Waals surface area (Å²) in [4.78, 5) is 11.7. The second kappa shape index (κ2) is 6.99. The lowest BCUT2D eigenvalue weighted by Gasteiger charge is -2.12. The molecule has 104 valence electrons. The predicted octanol–water partition coefficient (Wildman–Crippen LogP) is 2.39. The molecule has 1 fully saturated rings. The van der Waals surface area contributed by atoms with E-state index >= 15 is 0 Å². The third-order valence-electron chi connectivity index (χ3n) is 2.92. The Labute approximate surface area is 113 Å². The molecule has 1 heterocycles. The molecule has 0 bridgehead atoms. The number of benzene rings is 1. The first-order valence-corrected chi connectivity index (χ1v) is 6.67. The van der Waals surface area contributed by atoms with Crippen molar-refractivity contribution >= 4 is 11.7 Å². The van der Waals surface area contributed by atoms with Crippen molar-refractivity contribution < 1.29 is 14.3 Å². The van der Waals surface area contributed by atoms with Gasteiger partial charge >= 0.3 is 6.03 Å². The van der Waals surface area contributed by atoms with E-state index in [-0.39, 0.29) is 12.1 Å². The number of hydrogen-bond acceptors (Lipinski definition) is 3. The van der Waals surface area contributed by atoms with Crippen LogP contribution >= 0.6 is 0 Å². The first-order valence-electron chi connectivity index (χ1n) is 6.67. The summed E-state index contributed by atoms with van der Waals surface area (Å²) in [5.41, 5.74) is 0.718. The van der Waals surface area contributed by atoms with Gasteiger partial charge in [0.15, 0.2) is 0 Å². The van der Waals surface area contributed by atoms with Crippen LogP contribution in [-0.4, -0.2) is 31.9 Å². The van der Waals surface area contributed by atoms with Crippen molar-refractivity contribution in [3.63, 3.8) is 0 Å². The molecule has 1 aromatic carbocycles. The molecule has 1 saturated heterocycles. The van der Waals surface area contributed by atoms with Crippen molar-refractivity contribution in [2.75, 3.05) is 25.1 Å². The zero-order valence-electron chi connectivity index (χ0n) is 11.1. The van der Waals surface area contributed by atoms with Crippen molar-refractivity contribution in [2.24, 2.45) is 0 Å². The topological polar surface area (TPSA) is 59.6 Å². The van der Waals surface area contributed by atoms with Gasteiger partial charge in [0.25, 0.3) is 0 Å². The molecule has 1 aliphatic heterocycles. The first kappa shape index (κ1) is 13.7. The summed E-state index contributed by atoms with van der Waals surface area (Å²) in [6.07, 6.45) is 2.24. The van der Waals surface area contributed by atoms with Gasteiger partial charge in [-0.15, -0.1) is 0 Å². The molecule has 2 rings (SSSR count). The van der Waals surface area contributed by atoms with E-state index in [0.717, 1.165) is 30.9 Å². The summed E-state index contributed by atoms with van der Waals surface area (Å²) in [6.45, 7) is 3.88. The van der Waals surface area contributed by atoms with E-state index in [2.05, 4.69) is 10.6 Å². The molecule has 5 nitrogen and oxygen atoms in total. The zero-order valence-corrected chi connectivity index (χ0v) is 11.1. The van der Waals surface area contributed by atoms with Crippen LogP contribution in [0.4, 0.5) is 10.5 Å². The van der Waals surface area contributed by atoms with Crippen LogP contribution in [0.25, 0.3) is 0 Å². The summed E-state index contributed by atoms with van der Waals surface area (Å²) in [5, 5.41) is 5.59. The van der Waals surface area contributed by atoms with Gasteiger partial charge in [-0.1, -0.05) is 6.07 Å². The first-order chi connectivity index (χ1) is 9.28. The molecule has 1 aliphatic rings. The molecule has 1 atom stereocenters. The number of carbonyl (C=O) groups is 1. The Kier molecular flexibility index (Phi) is 5.03. The Morgan fingerprint density at radius 2 is 2.42 bits per heavy atom. The van der Waals surface area contributed by atoms with E-state index in [9.17, 15) is 4.79 Å². The quantitative estimate of drug-likeness (QED) is 0.858. The largest absolute Gasteiger partial charge is 0.494 e. The van der Waals surface area contributed by atoms with Crippen molar-refractivity contribution in [1.82, 2.24) is 5.32 Å². The van der Waals surface area contributed by atoms with Crippen LogP contribution in [0.1, 0.15) is 19.8 Å². The van der Waals surface area contributed by atoms with Gasteiger partial charge in [0.2, 0.25) is 0 Å². The van der Waals surface area contributed by atoms with Crippen LogP contribution in [0.3, 0.4) is 0 Å². The molecule has 2 N–H and O–H groups in total. The van der Waals surface area contributed by atoms with E-state index in [4.69, 9.17) is 9.47 Å². The van der Waals surface area contributed by atoms with E-state index in [0.29, 0.717) is 13.2 Å². The van der Waals surface area contributed by atoms with Gasteiger partial charge in [0, 0.05) is 24.9 Å². The van der Waals surface area contributed by atoms with Crippen LogP contribution in [0, 0.1) is 0 Å². The van der Waals surface area contributed by atoms with E-state index in [1.807, 2.05) is 25.1 Å². The summed E-state index contributed by atoms with van der Waals surface area (Å²) >= 11 is 0. The van der Waals surface area contributed by atoms with Gasteiger partial charge in [-0.3, -0.25) is 0 Å². The predicted molar refractivity (Wildman–Crippen MR) is 73.6 cm³/mol. The number of rotatable bonds is 5. The van der Waals surface area contributed by atoms with Crippen molar-refractivity contribution in [1.29, 1.82) is 0 Å². The maximum atomic E-state index is 11.7. The fraction of sp³-hybridized carbons (Fsp3) is 0.500. The van der Waals surface area contributed by atoms with E-state index in [1.54, 1.807) is 6.07 Å². The van der Waals surface area contributed by atoms with Crippen LogP contribution in [0.5, 0.6) is 5.75 Å². The molecule has 0 aromatic heterocycles. The SMILES string of the molecule is CCOc1cccc(NC(=O)NCC2CCCO2)c1. The van der Waals surface area contributed by atoms with Gasteiger partial charge < -0.3 is 20.1 Å². The van der Waals surface area contributed by atoms with Gasteiger partial charge in [-0.05, 0) is 31.9 Å². The number of anilines is 1. The number of hydrogen-bond donors (Lipinski definition) is 2. The molecule has 1 unspecified atom stereocenters. The molecule has 0 spiro atoms. The Morgan fingerprint density at radius 3 is 3.16 bits per heavy atom.